The Morgan fingerprint density at radius 2 is 1.46 bits per heavy atom. The lowest BCUT2D eigenvalue weighted by atomic mass is 10.0. The smallest absolute Gasteiger partial charge is 0.329 e. The van der Waals surface area contributed by atoms with Crippen molar-refractivity contribution in [2.75, 3.05) is 6.54 Å². The lowest BCUT2D eigenvalue weighted by Gasteiger charge is -2.05. The molecule has 1 aliphatic carbocycles. The molecule has 1 saturated carbocycles. The van der Waals surface area contributed by atoms with Gasteiger partial charge < -0.3 is 11.5 Å². The predicted molar refractivity (Wildman–Crippen MR) is 53.2 cm³/mol. The van der Waals surface area contributed by atoms with E-state index in [2.05, 4.69) is 0 Å². The molecule has 0 saturated heterocycles. The van der Waals surface area contributed by atoms with Crippen molar-refractivity contribution < 1.29 is 14.4 Å². The second-order valence-corrected chi connectivity index (χ2v) is 3.39. The first kappa shape index (κ1) is 15.4. The van der Waals surface area contributed by atoms with Crippen LogP contribution >= 0.6 is 8.25 Å². The summed E-state index contributed by atoms with van der Waals surface area (Å²) in [5, 5.41) is 0. The Kier molecular flexibility index (Phi) is 14.2. The van der Waals surface area contributed by atoms with Crippen molar-refractivity contribution in [2.24, 2.45) is 11.5 Å². The highest BCUT2D eigenvalue weighted by Gasteiger charge is 1.95. The van der Waals surface area contributed by atoms with Crippen molar-refractivity contribution in [3.05, 3.63) is 0 Å². The van der Waals surface area contributed by atoms with Gasteiger partial charge >= 0.3 is 8.25 Å². The summed E-state index contributed by atoms with van der Waals surface area (Å²) < 4.78 is 8.70. The molecule has 0 radical (unpaired) electrons. The molecule has 1 aliphatic rings. The Morgan fingerprint density at radius 1 is 1.31 bits per heavy atom. The van der Waals surface area contributed by atoms with E-state index < -0.39 is 8.25 Å². The van der Waals surface area contributed by atoms with Crippen LogP contribution < -0.4 is 11.5 Å². The molecule has 1 atom stereocenters. The number of hydrogen-bond acceptors (Lipinski definition) is 3. The normalized spacial score (nSPS) is 15.2. The first-order valence-electron chi connectivity index (χ1n) is 4.31. The Bertz CT molecular complexity index is 110. The maximum absolute atomic E-state index is 8.70. The van der Waals surface area contributed by atoms with Crippen LogP contribution in [0, 0.1) is 0 Å². The molecule has 0 bridgehead atoms. The van der Waals surface area contributed by atoms with Gasteiger partial charge in [0.05, 0.1) is 0 Å². The summed E-state index contributed by atoms with van der Waals surface area (Å²) in [7, 11) is -2.87. The number of nitrogens with two attached hydrogens (primary N) is 2. The van der Waals surface area contributed by atoms with Crippen molar-refractivity contribution in [1.82, 2.24) is 0 Å². The molecule has 0 aromatic rings. The molecule has 6 heteroatoms. The monoisotopic (exact) mass is 211 g/mol. The van der Waals surface area contributed by atoms with E-state index in [0.29, 0.717) is 6.54 Å². The molecule has 0 heterocycles. The molecular weight excluding hydrogens is 191 g/mol. The van der Waals surface area contributed by atoms with E-state index in [9.17, 15) is 0 Å². The maximum Gasteiger partial charge on any atom is 0.692 e. The van der Waals surface area contributed by atoms with Gasteiger partial charge in [-0.25, -0.2) is 0 Å². The molecule has 0 aromatic heterocycles. The highest BCUT2D eigenvalue weighted by molar-refractivity contribution is 7.30. The van der Waals surface area contributed by atoms with E-state index in [1.54, 1.807) is 0 Å². The Hall–Kier alpha value is -0.0600. The SMILES string of the molecule is C1CCC1.CC(N)CN.O=[P+](O)O. The maximum atomic E-state index is 8.70. The van der Waals surface area contributed by atoms with E-state index in [0.717, 1.165) is 0 Å². The minimum atomic E-state index is -2.87. The summed E-state index contributed by atoms with van der Waals surface area (Å²) in [4.78, 5) is 14.2. The zero-order valence-electron chi connectivity index (χ0n) is 8.02. The van der Waals surface area contributed by atoms with Gasteiger partial charge in [-0.15, -0.1) is 9.79 Å². The minimum Gasteiger partial charge on any atom is -0.329 e. The lowest BCUT2D eigenvalue weighted by molar-refractivity contribution is 0.405. The Labute approximate surface area is 80.1 Å². The van der Waals surface area contributed by atoms with Crippen LogP contribution in [-0.4, -0.2) is 22.4 Å². The van der Waals surface area contributed by atoms with E-state index in [1.807, 2.05) is 6.92 Å². The van der Waals surface area contributed by atoms with Crippen LogP contribution in [0.2, 0.25) is 0 Å². The minimum absolute atomic E-state index is 0.162. The quantitative estimate of drug-likeness (QED) is 0.471. The van der Waals surface area contributed by atoms with E-state index in [4.69, 9.17) is 25.8 Å². The first-order chi connectivity index (χ1) is 6.00. The molecule has 5 nitrogen and oxygen atoms in total. The van der Waals surface area contributed by atoms with E-state index in [1.165, 1.54) is 25.7 Å². The standard InChI is InChI=1S/C4H8.C3H10N2.HO3P/c1-2-4-3-1;1-3(5)2-4;1-4(2)3/h1-4H2;3H,2,4-5H2,1H3;(H-,1,2,3)/p+1. The van der Waals surface area contributed by atoms with Gasteiger partial charge in [-0.05, 0) is 6.92 Å². The Morgan fingerprint density at radius 3 is 1.46 bits per heavy atom. The third-order valence-corrected chi connectivity index (χ3v) is 1.37. The lowest BCUT2D eigenvalue weighted by Crippen LogP contribution is -2.25. The highest BCUT2D eigenvalue weighted by Crippen LogP contribution is 2.15. The average Bonchev–Trinajstić information content (AvgIpc) is 1.82. The van der Waals surface area contributed by atoms with Crippen LogP contribution in [0.25, 0.3) is 0 Å². The van der Waals surface area contributed by atoms with Gasteiger partial charge in [-0.3, -0.25) is 0 Å². The molecule has 0 aliphatic heterocycles. The highest BCUT2D eigenvalue weighted by atomic mass is 31.1. The second kappa shape index (κ2) is 11.9. The van der Waals surface area contributed by atoms with Crippen molar-refractivity contribution in [3.8, 4) is 0 Å². The fraction of sp³-hybridized carbons (Fsp3) is 1.00. The van der Waals surface area contributed by atoms with Crippen LogP contribution in [0.5, 0.6) is 0 Å². The summed E-state index contributed by atoms with van der Waals surface area (Å²) >= 11 is 0. The van der Waals surface area contributed by atoms with Gasteiger partial charge in [0, 0.05) is 17.2 Å². The first-order valence-corrected chi connectivity index (χ1v) is 5.47. The largest absolute Gasteiger partial charge is 0.692 e. The van der Waals surface area contributed by atoms with Gasteiger partial charge in [0.15, 0.2) is 0 Å². The summed E-state index contributed by atoms with van der Waals surface area (Å²) in [6, 6.07) is 0.162. The molecule has 0 amide bonds. The van der Waals surface area contributed by atoms with Crippen molar-refractivity contribution in [3.63, 3.8) is 0 Å². The van der Waals surface area contributed by atoms with E-state index in [-0.39, 0.29) is 6.04 Å². The van der Waals surface area contributed by atoms with Gasteiger partial charge in [-0.1, -0.05) is 25.7 Å². The molecule has 6 N–H and O–H groups in total. The van der Waals surface area contributed by atoms with Gasteiger partial charge in [0.25, 0.3) is 0 Å². The predicted octanol–water partition coefficient (Wildman–Crippen LogP) is 0.481. The van der Waals surface area contributed by atoms with Crippen LogP contribution in [0.15, 0.2) is 0 Å². The molecule has 13 heavy (non-hydrogen) atoms. The molecule has 1 fully saturated rings. The molecular formula is C7H20N2O3P+. The third kappa shape index (κ3) is 33.4. The average molecular weight is 211 g/mol. The van der Waals surface area contributed by atoms with Crippen LogP contribution in [-0.2, 0) is 4.57 Å². The zero-order chi connectivity index (χ0) is 10.7. The second-order valence-electron chi connectivity index (χ2n) is 2.88. The molecule has 1 rings (SSSR count). The van der Waals surface area contributed by atoms with Crippen LogP contribution in [0.3, 0.4) is 0 Å². The van der Waals surface area contributed by atoms with Crippen molar-refractivity contribution in [2.45, 2.75) is 38.6 Å². The molecule has 0 aromatic carbocycles. The number of hydrogen-bond donors (Lipinski definition) is 4. The summed E-state index contributed by atoms with van der Waals surface area (Å²) in [6.45, 7) is 2.46. The van der Waals surface area contributed by atoms with Crippen LogP contribution in [0.1, 0.15) is 32.6 Å². The van der Waals surface area contributed by atoms with Crippen molar-refractivity contribution in [1.29, 1.82) is 0 Å². The van der Waals surface area contributed by atoms with Gasteiger partial charge in [0.1, 0.15) is 0 Å². The molecule has 1 unspecified atom stereocenters. The third-order valence-electron chi connectivity index (χ3n) is 1.37. The fourth-order valence-corrected chi connectivity index (χ4v) is 0.250. The zero-order valence-corrected chi connectivity index (χ0v) is 8.91. The summed E-state index contributed by atoms with van der Waals surface area (Å²) in [5.41, 5.74) is 10.2. The summed E-state index contributed by atoms with van der Waals surface area (Å²) in [5.74, 6) is 0. The summed E-state index contributed by atoms with van der Waals surface area (Å²) in [6.07, 6.45) is 6.00. The Balaban J connectivity index is 0. The topological polar surface area (TPSA) is 110 Å². The van der Waals surface area contributed by atoms with Crippen LogP contribution in [0.4, 0.5) is 0 Å². The number of rotatable bonds is 1. The molecule has 0 spiro atoms. The van der Waals surface area contributed by atoms with Gasteiger partial charge in [-0.2, -0.15) is 0 Å². The van der Waals surface area contributed by atoms with E-state index >= 15 is 0 Å². The van der Waals surface area contributed by atoms with Gasteiger partial charge in [0.2, 0.25) is 0 Å². The molecule has 80 valence electrons. The van der Waals surface area contributed by atoms with Crippen molar-refractivity contribution >= 4 is 8.25 Å². The fourth-order valence-electron chi connectivity index (χ4n) is 0.250.